The first-order valence-electron chi connectivity index (χ1n) is 6.25. The number of carbonyl (C=O) groups is 1. The highest BCUT2D eigenvalue weighted by atomic mass is 16.5. The molecule has 2 aromatic carbocycles. The molecule has 2 rings (SSSR count). The molecule has 0 radical (unpaired) electrons. The van der Waals surface area contributed by atoms with Gasteiger partial charge in [0.15, 0.2) is 11.5 Å². The topological polar surface area (TPSA) is 54.0 Å². The molecule has 0 saturated heterocycles. The van der Waals surface area contributed by atoms with Crippen LogP contribution >= 0.6 is 0 Å². The quantitative estimate of drug-likeness (QED) is 0.763. The molecule has 110 valence electrons. The van der Waals surface area contributed by atoms with E-state index < -0.39 is 0 Å². The lowest BCUT2D eigenvalue weighted by molar-refractivity contribution is 0.112. The van der Waals surface area contributed by atoms with Gasteiger partial charge in [0.25, 0.3) is 0 Å². The Labute approximate surface area is 123 Å². The summed E-state index contributed by atoms with van der Waals surface area (Å²) in [5.74, 6) is 2.60. The Hall–Kier alpha value is -2.69. The van der Waals surface area contributed by atoms with Crippen LogP contribution in [0, 0.1) is 0 Å². The van der Waals surface area contributed by atoms with Gasteiger partial charge in [-0.3, -0.25) is 4.79 Å². The number of aldehydes is 1. The van der Waals surface area contributed by atoms with Crippen molar-refractivity contribution in [3.05, 3.63) is 42.0 Å². The van der Waals surface area contributed by atoms with Crippen LogP contribution in [0.5, 0.6) is 28.7 Å². The van der Waals surface area contributed by atoms with E-state index in [4.69, 9.17) is 18.9 Å². The van der Waals surface area contributed by atoms with Crippen molar-refractivity contribution in [1.29, 1.82) is 0 Å². The average molecular weight is 288 g/mol. The molecule has 0 aliphatic rings. The molecule has 0 fully saturated rings. The van der Waals surface area contributed by atoms with Crippen molar-refractivity contribution in [2.75, 3.05) is 21.3 Å². The summed E-state index contributed by atoms with van der Waals surface area (Å²) in [4.78, 5) is 11.0. The lowest BCUT2D eigenvalue weighted by Gasteiger charge is -2.14. The van der Waals surface area contributed by atoms with Crippen molar-refractivity contribution in [2.24, 2.45) is 0 Å². The third-order valence-corrected chi connectivity index (χ3v) is 2.89. The van der Waals surface area contributed by atoms with Gasteiger partial charge in [0, 0.05) is 5.56 Å². The summed E-state index contributed by atoms with van der Waals surface area (Å²) >= 11 is 0. The average Bonchev–Trinajstić information content (AvgIpc) is 2.54. The van der Waals surface area contributed by atoms with E-state index in [1.807, 2.05) is 0 Å². The Morgan fingerprint density at radius 2 is 1.43 bits per heavy atom. The zero-order valence-electron chi connectivity index (χ0n) is 12.1. The van der Waals surface area contributed by atoms with Crippen molar-refractivity contribution < 1.29 is 23.7 Å². The van der Waals surface area contributed by atoms with Crippen molar-refractivity contribution in [2.45, 2.75) is 0 Å². The Morgan fingerprint density at radius 1 is 0.810 bits per heavy atom. The Balaban J connectivity index is 2.38. The fourth-order valence-corrected chi connectivity index (χ4v) is 1.86. The van der Waals surface area contributed by atoms with Crippen LogP contribution in [0.1, 0.15) is 10.4 Å². The van der Waals surface area contributed by atoms with Gasteiger partial charge >= 0.3 is 0 Å². The van der Waals surface area contributed by atoms with E-state index in [2.05, 4.69) is 0 Å². The fraction of sp³-hybridized carbons (Fsp3) is 0.188. The molecule has 0 N–H and O–H groups in total. The van der Waals surface area contributed by atoms with E-state index in [0.717, 1.165) is 12.0 Å². The fourth-order valence-electron chi connectivity index (χ4n) is 1.86. The van der Waals surface area contributed by atoms with E-state index in [0.29, 0.717) is 28.6 Å². The smallest absolute Gasteiger partial charge is 0.203 e. The second kappa shape index (κ2) is 6.65. The minimum atomic E-state index is 0.407. The van der Waals surface area contributed by atoms with E-state index in [1.54, 1.807) is 43.5 Å². The maximum absolute atomic E-state index is 11.0. The molecule has 0 atom stereocenters. The molecule has 5 heteroatoms. The summed E-state index contributed by atoms with van der Waals surface area (Å²) in [5.41, 5.74) is 0.441. The summed E-state index contributed by atoms with van der Waals surface area (Å²) in [7, 11) is 4.61. The monoisotopic (exact) mass is 288 g/mol. The second-order valence-electron chi connectivity index (χ2n) is 4.15. The van der Waals surface area contributed by atoms with E-state index >= 15 is 0 Å². The summed E-state index contributed by atoms with van der Waals surface area (Å²) in [6, 6.07) is 10.3. The number of hydrogen-bond acceptors (Lipinski definition) is 5. The number of carbonyl (C=O) groups excluding carboxylic acids is 1. The highest BCUT2D eigenvalue weighted by Gasteiger charge is 2.14. The third-order valence-electron chi connectivity index (χ3n) is 2.89. The number of benzene rings is 2. The zero-order valence-corrected chi connectivity index (χ0v) is 12.1. The maximum atomic E-state index is 11.0. The second-order valence-corrected chi connectivity index (χ2v) is 4.15. The highest BCUT2D eigenvalue weighted by Crippen LogP contribution is 2.40. The van der Waals surface area contributed by atoms with Crippen molar-refractivity contribution in [3.8, 4) is 28.7 Å². The number of methoxy groups -OCH3 is 3. The molecular weight excluding hydrogens is 272 g/mol. The molecule has 0 spiro atoms. The van der Waals surface area contributed by atoms with Crippen LogP contribution in [0.4, 0.5) is 0 Å². The van der Waals surface area contributed by atoms with Crippen LogP contribution in [-0.4, -0.2) is 27.6 Å². The van der Waals surface area contributed by atoms with Gasteiger partial charge in [-0.1, -0.05) is 0 Å². The van der Waals surface area contributed by atoms with Crippen molar-refractivity contribution in [1.82, 2.24) is 0 Å². The first-order chi connectivity index (χ1) is 10.2. The predicted octanol–water partition coefficient (Wildman–Crippen LogP) is 3.32. The Kier molecular flexibility index (Phi) is 4.66. The van der Waals surface area contributed by atoms with Crippen LogP contribution in [0.3, 0.4) is 0 Å². The van der Waals surface area contributed by atoms with Crippen LogP contribution in [-0.2, 0) is 0 Å². The molecular formula is C16H16O5. The summed E-state index contributed by atoms with van der Waals surface area (Å²) < 4.78 is 21.4. The van der Waals surface area contributed by atoms with Gasteiger partial charge < -0.3 is 18.9 Å². The summed E-state index contributed by atoms with van der Waals surface area (Å²) in [6.45, 7) is 0. The minimum Gasteiger partial charge on any atom is -0.497 e. The molecule has 0 amide bonds. The van der Waals surface area contributed by atoms with Crippen LogP contribution in [0.25, 0.3) is 0 Å². The van der Waals surface area contributed by atoms with E-state index in [1.165, 1.54) is 14.2 Å². The van der Waals surface area contributed by atoms with Gasteiger partial charge in [0.1, 0.15) is 17.8 Å². The molecule has 0 aromatic heterocycles. The van der Waals surface area contributed by atoms with Gasteiger partial charge in [-0.2, -0.15) is 0 Å². The molecule has 21 heavy (non-hydrogen) atoms. The lowest BCUT2D eigenvalue weighted by Crippen LogP contribution is -1.96. The minimum absolute atomic E-state index is 0.407. The summed E-state index contributed by atoms with van der Waals surface area (Å²) in [5, 5.41) is 0. The molecule has 2 aromatic rings. The molecule has 0 bridgehead atoms. The van der Waals surface area contributed by atoms with Crippen molar-refractivity contribution >= 4 is 6.29 Å². The van der Waals surface area contributed by atoms with E-state index in [-0.39, 0.29) is 0 Å². The third kappa shape index (κ3) is 3.25. The lowest BCUT2D eigenvalue weighted by atomic mass is 10.2. The molecule has 0 saturated carbocycles. The van der Waals surface area contributed by atoms with Gasteiger partial charge in [-0.05, 0) is 36.4 Å². The van der Waals surface area contributed by atoms with Crippen LogP contribution in [0.2, 0.25) is 0 Å². The van der Waals surface area contributed by atoms with Crippen LogP contribution in [0.15, 0.2) is 36.4 Å². The Bertz CT molecular complexity index is 619. The first-order valence-corrected chi connectivity index (χ1v) is 6.25. The number of hydrogen-bond donors (Lipinski definition) is 0. The normalized spacial score (nSPS) is 9.86. The molecule has 0 aliphatic heterocycles. The Morgan fingerprint density at radius 3 is 1.95 bits per heavy atom. The first kappa shape index (κ1) is 14.7. The van der Waals surface area contributed by atoms with Gasteiger partial charge in [0.2, 0.25) is 5.75 Å². The molecule has 0 aliphatic carbocycles. The largest absolute Gasteiger partial charge is 0.497 e. The molecule has 5 nitrogen and oxygen atoms in total. The van der Waals surface area contributed by atoms with Gasteiger partial charge in [-0.25, -0.2) is 0 Å². The van der Waals surface area contributed by atoms with E-state index in [9.17, 15) is 4.79 Å². The van der Waals surface area contributed by atoms with Gasteiger partial charge in [0.05, 0.1) is 21.3 Å². The highest BCUT2D eigenvalue weighted by molar-refractivity contribution is 5.78. The maximum Gasteiger partial charge on any atom is 0.203 e. The summed E-state index contributed by atoms with van der Waals surface area (Å²) in [6.07, 6.45) is 0.725. The van der Waals surface area contributed by atoms with Crippen LogP contribution < -0.4 is 18.9 Å². The molecule has 0 unspecified atom stereocenters. The number of rotatable bonds is 6. The number of ether oxygens (including phenoxy) is 4. The van der Waals surface area contributed by atoms with Crippen molar-refractivity contribution in [3.63, 3.8) is 0 Å². The zero-order chi connectivity index (χ0) is 15.2. The molecule has 0 heterocycles. The standard InChI is InChI=1S/C16H16O5/c1-18-12-4-6-13(7-5-12)21-15-9-11(10-17)8-14(19-2)16(15)20-3/h4-10H,1-3H3. The van der Waals surface area contributed by atoms with Gasteiger partial charge in [-0.15, -0.1) is 0 Å². The SMILES string of the molecule is COc1ccc(Oc2cc(C=O)cc(OC)c2OC)cc1. The predicted molar refractivity (Wildman–Crippen MR) is 78.0 cm³/mol.